The Hall–Kier alpha value is -2.80. The van der Waals surface area contributed by atoms with Crippen LogP contribution in [-0.4, -0.2) is 37.4 Å². The van der Waals surface area contributed by atoms with Gasteiger partial charge in [0.05, 0.1) is 18.4 Å². The van der Waals surface area contributed by atoms with Crippen molar-refractivity contribution in [1.82, 2.24) is 24.8 Å². The smallest absolute Gasteiger partial charge is 0.266 e. The van der Waals surface area contributed by atoms with E-state index in [2.05, 4.69) is 20.1 Å². The molecule has 1 fully saturated rings. The van der Waals surface area contributed by atoms with Crippen molar-refractivity contribution in [3.05, 3.63) is 65.0 Å². The zero-order chi connectivity index (χ0) is 17.1. The van der Waals surface area contributed by atoms with Gasteiger partial charge in [-0.05, 0) is 37.6 Å². The topological polar surface area (TPSA) is 77.1 Å². The molecule has 0 saturated carbocycles. The van der Waals surface area contributed by atoms with Gasteiger partial charge in [0.25, 0.3) is 5.56 Å². The molecule has 0 aromatic carbocycles. The molecule has 1 aliphatic heterocycles. The Morgan fingerprint density at radius 3 is 2.88 bits per heavy atom. The molecule has 7 heteroatoms. The van der Waals surface area contributed by atoms with Crippen LogP contribution in [0.1, 0.15) is 18.4 Å². The van der Waals surface area contributed by atoms with E-state index in [1.165, 1.54) is 0 Å². The third-order valence-corrected chi connectivity index (χ3v) is 4.59. The summed E-state index contributed by atoms with van der Waals surface area (Å²) in [6.07, 6.45) is 9.04. The van der Waals surface area contributed by atoms with E-state index in [0.717, 1.165) is 42.8 Å². The summed E-state index contributed by atoms with van der Waals surface area (Å²) in [4.78, 5) is 18.6. The van der Waals surface area contributed by atoms with Gasteiger partial charge in [-0.2, -0.15) is 5.10 Å². The Balaban J connectivity index is 1.54. The van der Waals surface area contributed by atoms with Gasteiger partial charge < -0.3 is 4.52 Å². The third kappa shape index (κ3) is 3.51. The number of hydrogen-bond donors (Lipinski definition) is 0. The van der Waals surface area contributed by atoms with Gasteiger partial charge in [-0.1, -0.05) is 5.16 Å². The van der Waals surface area contributed by atoms with Crippen LogP contribution in [0, 0.1) is 0 Å². The molecule has 0 bridgehead atoms. The minimum Gasteiger partial charge on any atom is -0.364 e. The van der Waals surface area contributed by atoms with Crippen molar-refractivity contribution in [3.63, 3.8) is 0 Å². The quantitative estimate of drug-likeness (QED) is 0.708. The fraction of sp³-hybridized carbons (Fsp3) is 0.333. The zero-order valence-corrected chi connectivity index (χ0v) is 13.8. The van der Waals surface area contributed by atoms with Crippen molar-refractivity contribution in [2.75, 3.05) is 6.54 Å². The summed E-state index contributed by atoms with van der Waals surface area (Å²) >= 11 is 0. The van der Waals surface area contributed by atoms with Crippen molar-refractivity contribution in [3.8, 4) is 11.3 Å². The van der Waals surface area contributed by atoms with Gasteiger partial charge >= 0.3 is 0 Å². The molecule has 0 spiro atoms. The van der Waals surface area contributed by atoms with Crippen molar-refractivity contribution >= 4 is 0 Å². The Morgan fingerprint density at radius 2 is 2.08 bits per heavy atom. The second kappa shape index (κ2) is 6.98. The number of rotatable bonds is 5. The van der Waals surface area contributed by atoms with Gasteiger partial charge in [-0.3, -0.25) is 14.7 Å². The van der Waals surface area contributed by atoms with E-state index in [9.17, 15) is 4.79 Å². The molecular formula is C18H19N5O2. The number of likely N-dealkylation sites (tertiary alicyclic amines) is 1. The molecule has 4 rings (SSSR count). The van der Waals surface area contributed by atoms with Gasteiger partial charge in [0, 0.05) is 42.2 Å². The van der Waals surface area contributed by atoms with Crippen LogP contribution in [-0.2, 0) is 13.1 Å². The average molecular weight is 337 g/mol. The summed E-state index contributed by atoms with van der Waals surface area (Å²) in [6.45, 7) is 2.38. The Kier molecular flexibility index (Phi) is 4.39. The van der Waals surface area contributed by atoms with Gasteiger partial charge in [0.15, 0.2) is 0 Å². The number of pyridine rings is 1. The van der Waals surface area contributed by atoms with Crippen LogP contribution in [0.2, 0.25) is 0 Å². The summed E-state index contributed by atoms with van der Waals surface area (Å²) in [6, 6.07) is 7.42. The molecule has 1 atom stereocenters. The molecule has 7 nitrogen and oxygen atoms in total. The Bertz CT molecular complexity index is 876. The van der Waals surface area contributed by atoms with Crippen molar-refractivity contribution in [2.24, 2.45) is 0 Å². The maximum absolute atomic E-state index is 12.3. The highest BCUT2D eigenvalue weighted by atomic mass is 16.5. The molecule has 0 aliphatic carbocycles. The van der Waals surface area contributed by atoms with Crippen LogP contribution in [0.15, 0.2) is 58.4 Å². The van der Waals surface area contributed by atoms with Crippen LogP contribution in [0.4, 0.5) is 0 Å². The molecule has 25 heavy (non-hydrogen) atoms. The highest BCUT2D eigenvalue weighted by Crippen LogP contribution is 2.21. The standard InChI is InChI=1S/C18H19N5O2/c24-18-4-3-17(15-5-7-19-8-6-15)21-23(18)12-16-2-1-9-22(16)11-14-10-20-25-13-14/h3-8,10,13,16H,1-2,9,11-12H2. The van der Waals surface area contributed by atoms with E-state index in [1.807, 2.05) is 12.1 Å². The van der Waals surface area contributed by atoms with Crippen molar-refractivity contribution < 1.29 is 4.52 Å². The second-order valence-electron chi connectivity index (χ2n) is 6.27. The fourth-order valence-corrected chi connectivity index (χ4v) is 3.31. The number of hydrogen-bond acceptors (Lipinski definition) is 6. The van der Waals surface area contributed by atoms with Crippen LogP contribution in [0.5, 0.6) is 0 Å². The highest BCUT2D eigenvalue weighted by molar-refractivity contribution is 5.56. The molecule has 1 aliphatic rings. The van der Waals surface area contributed by atoms with E-state index in [4.69, 9.17) is 4.52 Å². The SMILES string of the molecule is O=c1ccc(-c2ccncc2)nn1CC1CCCN1Cc1cnoc1. The largest absolute Gasteiger partial charge is 0.364 e. The summed E-state index contributed by atoms with van der Waals surface area (Å²) in [5.41, 5.74) is 2.72. The van der Waals surface area contributed by atoms with E-state index in [1.54, 1.807) is 41.7 Å². The van der Waals surface area contributed by atoms with E-state index in [0.29, 0.717) is 6.54 Å². The van der Waals surface area contributed by atoms with Crippen molar-refractivity contribution in [2.45, 2.75) is 32.0 Å². The van der Waals surface area contributed by atoms with E-state index >= 15 is 0 Å². The fourth-order valence-electron chi connectivity index (χ4n) is 3.31. The minimum atomic E-state index is -0.0744. The van der Waals surface area contributed by atoms with Crippen LogP contribution >= 0.6 is 0 Å². The number of aromatic nitrogens is 4. The first-order valence-corrected chi connectivity index (χ1v) is 8.40. The summed E-state index contributed by atoms with van der Waals surface area (Å²) < 4.78 is 6.49. The molecule has 3 aromatic rings. The lowest BCUT2D eigenvalue weighted by Gasteiger charge is -2.24. The van der Waals surface area contributed by atoms with Gasteiger partial charge in [-0.15, -0.1) is 0 Å². The molecule has 1 unspecified atom stereocenters. The maximum Gasteiger partial charge on any atom is 0.266 e. The molecule has 0 amide bonds. The van der Waals surface area contributed by atoms with Crippen molar-refractivity contribution in [1.29, 1.82) is 0 Å². The summed E-state index contributed by atoms with van der Waals surface area (Å²) in [5.74, 6) is 0. The second-order valence-corrected chi connectivity index (χ2v) is 6.27. The first-order chi connectivity index (χ1) is 12.3. The first-order valence-electron chi connectivity index (χ1n) is 8.40. The van der Waals surface area contributed by atoms with Crippen LogP contribution in [0.25, 0.3) is 11.3 Å². The molecule has 3 aromatic heterocycles. The summed E-state index contributed by atoms with van der Waals surface area (Å²) in [7, 11) is 0. The van der Waals surface area contributed by atoms with Crippen LogP contribution < -0.4 is 5.56 Å². The number of nitrogens with zero attached hydrogens (tertiary/aromatic N) is 5. The third-order valence-electron chi connectivity index (χ3n) is 4.59. The lowest BCUT2D eigenvalue weighted by molar-refractivity contribution is 0.216. The monoisotopic (exact) mass is 337 g/mol. The molecule has 0 N–H and O–H groups in total. The normalized spacial score (nSPS) is 17.8. The molecular weight excluding hydrogens is 318 g/mol. The summed E-state index contributed by atoms with van der Waals surface area (Å²) in [5, 5.41) is 8.31. The molecule has 4 heterocycles. The Labute approximate surface area is 144 Å². The average Bonchev–Trinajstić information content (AvgIpc) is 3.31. The highest BCUT2D eigenvalue weighted by Gasteiger charge is 2.26. The molecule has 128 valence electrons. The lowest BCUT2D eigenvalue weighted by atomic mass is 10.2. The zero-order valence-electron chi connectivity index (χ0n) is 13.8. The first kappa shape index (κ1) is 15.7. The van der Waals surface area contributed by atoms with E-state index < -0.39 is 0 Å². The van der Waals surface area contributed by atoms with Gasteiger partial charge in [-0.25, -0.2) is 4.68 Å². The lowest BCUT2D eigenvalue weighted by Crippen LogP contribution is -2.36. The Morgan fingerprint density at radius 1 is 1.20 bits per heavy atom. The van der Waals surface area contributed by atoms with E-state index in [-0.39, 0.29) is 11.6 Å². The predicted molar refractivity (Wildman–Crippen MR) is 91.7 cm³/mol. The predicted octanol–water partition coefficient (Wildman–Crippen LogP) is 1.96. The van der Waals surface area contributed by atoms with Gasteiger partial charge in [0.2, 0.25) is 0 Å². The minimum absolute atomic E-state index is 0.0744. The maximum atomic E-state index is 12.3. The molecule has 0 radical (unpaired) electrons. The molecule has 1 saturated heterocycles. The van der Waals surface area contributed by atoms with Crippen LogP contribution in [0.3, 0.4) is 0 Å². The van der Waals surface area contributed by atoms with Gasteiger partial charge in [0.1, 0.15) is 6.26 Å².